The molecule has 2 aliphatic rings. The molecule has 0 radical (unpaired) electrons. The van der Waals surface area contributed by atoms with Crippen LogP contribution in [-0.4, -0.2) is 33.7 Å². The van der Waals surface area contributed by atoms with E-state index in [1.54, 1.807) is 11.3 Å². The van der Waals surface area contributed by atoms with E-state index in [1.807, 2.05) is 11.8 Å². The second-order valence-electron chi connectivity index (χ2n) is 6.51. The van der Waals surface area contributed by atoms with Crippen LogP contribution in [0, 0.1) is 13.8 Å². The lowest BCUT2D eigenvalue weighted by Crippen LogP contribution is -2.51. The average molecular weight is 315 g/mol. The van der Waals surface area contributed by atoms with Gasteiger partial charge < -0.3 is 4.90 Å². The lowest BCUT2D eigenvalue weighted by Gasteiger charge is -2.39. The van der Waals surface area contributed by atoms with E-state index in [0.717, 1.165) is 36.5 Å². The topological polar surface area (TPSA) is 38.1 Å². The molecule has 2 aromatic rings. The highest BCUT2D eigenvalue weighted by Gasteiger charge is 2.35. The van der Waals surface area contributed by atoms with E-state index >= 15 is 0 Å². The molecule has 1 fully saturated rings. The summed E-state index contributed by atoms with van der Waals surface area (Å²) in [5, 5.41) is 6.73. The number of likely N-dealkylation sites (tertiary alicyclic amines) is 1. The third kappa shape index (κ3) is 2.19. The van der Waals surface area contributed by atoms with Gasteiger partial charge in [-0.05, 0) is 62.1 Å². The number of aryl methyl sites for hydroxylation is 3. The highest BCUT2D eigenvalue weighted by atomic mass is 32.1. The van der Waals surface area contributed by atoms with Crippen LogP contribution >= 0.6 is 11.3 Å². The quantitative estimate of drug-likeness (QED) is 0.854. The Morgan fingerprint density at radius 3 is 2.77 bits per heavy atom. The van der Waals surface area contributed by atoms with Crippen molar-refractivity contribution in [1.29, 1.82) is 0 Å². The monoisotopic (exact) mass is 315 g/mol. The fourth-order valence-corrected chi connectivity index (χ4v) is 4.76. The van der Waals surface area contributed by atoms with E-state index in [1.165, 1.54) is 29.7 Å². The summed E-state index contributed by atoms with van der Waals surface area (Å²) in [6.45, 7) is 5.67. The molecule has 1 amide bonds. The standard InChI is InChI=1S/C17H21N3OS/c1-11-7-12(2)20(18-11)14-8-19(9-14)17(21)16-15-6-4-3-5-13(15)10-22-16/h7,10,14H,3-6,8-9H2,1-2H3. The van der Waals surface area contributed by atoms with Crippen LogP contribution in [0.2, 0.25) is 0 Å². The van der Waals surface area contributed by atoms with E-state index in [-0.39, 0.29) is 5.91 Å². The van der Waals surface area contributed by atoms with Crippen LogP contribution in [0.5, 0.6) is 0 Å². The number of fused-ring (bicyclic) bond motifs is 1. The number of carbonyl (C=O) groups excluding carboxylic acids is 1. The summed E-state index contributed by atoms with van der Waals surface area (Å²) in [5.74, 6) is 0.228. The molecule has 5 heteroatoms. The number of nitrogens with zero attached hydrogens (tertiary/aromatic N) is 3. The van der Waals surface area contributed by atoms with Crippen molar-refractivity contribution in [2.75, 3.05) is 13.1 Å². The summed E-state index contributed by atoms with van der Waals surface area (Å²) < 4.78 is 2.07. The van der Waals surface area contributed by atoms with Gasteiger partial charge in [0.15, 0.2) is 0 Å². The minimum absolute atomic E-state index is 0.228. The second kappa shape index (κ2) is 5.23. The van der Waals surface area contributed by atoms with Gasteiger partial charge in [-0.3, -0.25) is 9.48 Å². The Bertz CT molecular complexity index is 724. The molecule has 116 valence electrons. The maximum atomic E-state index is 12.7. The summed E-state index contributed by atoms with van der Waals surface area (Å²) >= 11 is 1.64. The van der Waals surface area contributed by atoms with Gasteiger partial charge in [0.05, 0.1) is 16.6 Å². The van der Waals surface area contributed by atoms with Crippen molar-refractivity contribution < 1.29 is 4.79 Å². The molecule has 4 nitrogen and oxygen atoms in total. The van der Waals surface area contributed by atoms with Crippen LogP contribution in [0.3, 0.4) is 0 Å². The summed E-state index contributed by atoms with van der Waals surface area (Å²) in [6.07, 6.45) is 4.71. The number of carbonyl (C=O) groups is 1. The summed E-state index contributed by atoms with van der Waals surface area (Å²) in [5.41, 5.74) is 4.98. The van der Waals surface area contributed by atoms with Gasteiger partial charge in [0.25, 0.3) is 5.91 Å². The molecule has 1 aliphatic carbocycles. The van der Waals surface area contributed by atoms with E-state index in [4.69, 9.17) is 0 Å². The highest BCUT2D eigenvalue weighted by Crippen LogP contribution is 2.33. The molecule has 0 unspecified atom stereocenters. The molecule has 0 atom stereocenters. The van der Waals surface area contributed by atoms with Gasteiger partial charge in [0.1, 0.15) is 0 Å². The molecule has 1 aliphatic heterocycles. The van der Waals surface area contributed by atoms with Crippen molar-refractivity contribution in [1.82, 2.24) is 14.7 Å². The van der Waals surface area contributed by atoms with Crippen molar-refractivity contribution in [2.24, 2.45) is 0 Å². The minimum Gasteiger partial charge on any atom is -0.334 e. The molecule has 1 saturated heterocycles. The van der Waals surface area contributed by atoms with Crippen molar-refractivity contribution in [3.63, 3.8) is 0 Å². The molecular weight excluding hydrogens is 294 g/mol. The predicted octanol–water partition coefficient (Wildman–Crippen LogP) is 3.14. The van der Waals surface area contributed by atoms with Crippen molar-refractivity contribution in [3.05, 3.63) is 38.8 Å². The van der Waals surface area contributed by atoms with Gasteiger partial charge in [-0.15, -0.1) is 11.3 Å². The van der Waals surface area contributed by atoms with Crippen LogP contribution in [0.4, 0.5) is 0 Å². The van der Waals surface area contributed by atoms with E-state index < -0.39 is 0 Å². The normalized spacial score (nSPS) is 18.2. The Kier molecular flexibility index (Phi) is 3.33. The first kappa shape index (κ1) is 14.0. The van der Waals surface area contributed by atoms with Crippen LogP contribution < -0.4 is 0 Å². The first-order valence-corrected chi connectivity index (χ1v) is 8.92. The van der Waals surface area contributed by atoms with Crippen LogP contribution in [0.1, 0.15) is 51.1 Å². The number of hydrogen-bond donors (Lipinski definition) is 0. The molecule has 3 heterocycles. The Labute approximate surface area is 134 Å². The van der Waals surface area contributed by atoms with Gasteiger partial charge >= 0.3 is 0 Å². The highest BCUT2D eigenvalue weighted by molar-refractivity contribution is 7.12. The molecule has 0 bridgehead atoms. The SMILES string of the molecule is Cc1cc(C)n(C2CN(C(=O)c3scc4c3CCCC4)C2)n1. The Hall–Kier alpha value is -1.62. The maximum absolute atomic E-state index is 12.7. The number of hydrogen-bond acceptors (Lipinski definition) is 3. The lowest BCUT2D eigenvalue weighted by atomic mass is 9.93. The largest absolute Gasteiger partial charge is 0.334 e. The number of rotatable bonds is 2. The number of aromatic nitrogens is 2. The van der Waals surface area contributed by atoms with Crippen molar-refractivity contribution >= 4 is 17.2 Å². The third-order valence-corrected chi connectivity index (χ3v) is 5.90. The Morgan fingerprint density at radius 1 is 1.27 bits per heavy atom. The van der Waals surface area contributed by atoms with E-state index in [0.29, 0.717) is 6.04 Å². The summed E-state index contributed by atoms with van der Waals surface area (Å²) in [4.78, 5) is 15.7. The molecule has 0 saturated carbocycles. The van der Waals surface area contributed by atoms with Gasteiger partial charge in [-0.1, -0.05) is 0 Å². The van der Waals surface area contributed by atoms with Gasteiger partial charge in [0, 0.05) is 18.8 Å². The molecular formula is C17H21N3OS. The molecule has 0 N–H and O–H groups in total. The van der Waals surface area contributed by atoms with Crippen LogP contribution in [0.15, 0.2) is 11.4 Å². The summed E-state index contributed by atoms with van der Waals surface area (Å²) in [6, 6.07) is 2.44. The molecule has 2 aromatic heterocycles. The van der Waals surface area contributed by atoms with E-state index in [2.05, 4.69) is 28.2 Å². The molecule has 0 aromatic carbocycles. The molecule has 22 heavy (non-hydrogen) atoms. The molecule has 4 rings (SSSR count). The molecule has 0 spiro atoms. The second-order valence-corrected chi connectivity index (χ2v) is 7.39. The first-order valence-electron chi connectivity index (χ1n) is 8.05. The maximum Gasteiger partial charge on any atom is 0.264 e. The fourth-order valence-electron chi connectivity index (χ4n) is 3.63. The van der Waals surface area contributed by atoms with Gasteiger partial charge in [0.2, 0.25) is 0 Å². The number of amides is 1. The Morgan fingerprint density at radius 2 is 2.05 bits per heavy atom. The van der Waals surface area contributed by atoms with Crippen LogP contribution in [0.25, 0.3) is 0 Å². The van der Waals surface area contributed by atoms with Crippen LogP contribution in [-0.2, 0) is 12.8 Å². The zero-order chi connectivity index (χ0) is 15.3. The Balaban J connectivity index is 1.48. The smallest absolute Gasteiger partial charge is 0.264 e. The number of thiophene rings is 1. The van der Waals surface area contributed by atoms with Gasteiger partial charge in [-0.2, -0.15) is 5.10 Å². The van der Waals surface area contributed by atoms with E-state index in [9.17, 15) is 4.79 Å². The first-order chi connectivity index (χ1) is 10.6. The average Bonchev–Trinajstić information content (AvgIpc) is 3.01. The van der Waals surface area contributed by atoms with Gasteiger partial charge in [-0.25, -0.2) is 0 Å². The van der Waals surface area contributed by atoms with Crippen molar-refractivity contribution in [2.45, 2.75) is 45.6 Å². The zero-order valence-electron chi connectivity index (χ0n) is 13.1. The predicted molar refractivity (Wildman–Crippen MR) is 87.6 cm³/mol. The summed E-state index contributed by atoms with van der Waals surface area (Å²) in [7, 11) is 0. The minimum atomic E-state index is 0.228. The third-order valence-electron chi connectivity index (χ3n) is 4.84. The fraction of sp³-hybridized carbons (Fsp3) is 0.529. The van der Waals surface area contributed by atoms with Crippen molar-refractivity contribution in [3.8, 4) is 0 Å². The lowest BCUT2D eigenvalue weighted by molar-refractivity contribution is 0.0501. The zero-order valence-corrected chi connectivity index (χ0v) is 13.9.